The Bertz CT molecular complexity index is 553. The van der Waals surface area contributed by atoms with E-state index in [0.29, 0.717) is 11.3 Å². The van der Waals surface area contributed by atoms with Gasteiger partial charge in [0.15, 0.2) is 6.23 Å². The second-order valence-electron chi connectivity index (χ2n) is 5.16. The predicted molar refractivity (Wildman–Crippen MR) is 75.2 cm³/mol. The summed E-state index contributed by atoms with van der Waals surface area (Å²) >= 11 is 0. The molecule has 9 heteroatoms. The van der Waals surface area contributed by atoms with E-state index in [4.69, 9.17) is 9.84 Å². The van der Waals surface area contributed by atoms with Crippen molar-refractivity contribution < 1.29 is 30.1 Å². The lowest BCUT2D eigenvalue weighted by Gasteiger charge is -2.19. The number of nitro groups is 1. The molecule has 1 fully saturated rings. The van der Waals surface area contributed by atoms with E-state index in [-0.39, 0.29) is 5.69 Å². The number of benzene rings is 1. The quantitative estimate of drug-likeness (QED) is 0.348. The molecule has 0 aromatic heterocycles. The summed E-state index contributed by atoms with van der Waals surface area (Å²) in [6, 6.07) is 4.40. The lowest BCUT2D eigenvalue weighted by molar-refractivity contribution is -0.385. The van der Waals surface area contributed by atoms with E-state index >= 15 is 0 Å². The monoisotopic (exact) mass is 314 g/mol. The van der Waals surface area contributed by atoms with Crippen molar-refractivity contribution in [3.8, 4) is 0 Å². The minimum Gasteiger partial charge on any atom is -0.394 e. The summed E-state index contributed by atoms with van der Waals surface area (Å²) in [5.74, 6) is 0. The van der Waals surface area contributed by atoms with Crippen LogP contribution in [0.1, 0.15) is 5.56 Å². The fourth-order valence-electron chi connectivity index (χ4n) is 2.31. The molecule has 0 amide bonds. The molecule has 1 saturated heterocycles. The van der Waals surface area contributed by atoms with Gasteiger partial charge in [0, 0.05) is 17.3 Å². The second-order valence-corrected chi connectivity index (χ2v) is 5.16. The maximum atomic E-state index is 10.9. The summed E-state index contributed by atoms with van der Waals surface area (Å²) in [4.78, 5) is 10.4. The summed E-state index contributed by atoms with van der Waals surface area (Å²) < 4.78 is 5.28. The number of hydrogen-bond acceptors (Lipinski definition) is 8. The zero-order valence-corrected chi connectivity index (χ0v) is 11.8. The van der Waals surface area contributed by atoms with Crippen LogP contribution < -0.4 is 5.32 Å². The highest BCUT2D eigenvalue weighted by molar-refractivity contribution is 5.55. The first-order chi connectivity index (χ1) is 10.3. The molecule has 0 saturated carbocycles. The zero-order chi connectivity index (χ0) is 16.4. The van der Waals surface area contributed by atoms with Crippen molar-refractivity contribution >= 4 is 11.4 Å². The minimum absolute atomic E-state index is 0.0926. The molecule has 1 aromatic rings. The smallest absolute Gasteiger partial charge is 0.274 e. The van der Waals surface area contributed by atoms with E-state index in [1.54, 1.807) is 13.0 Å². The van der Waals surface area contributed by atoms with Gasteiger partial charge in [-0.05, 0) is 13.0 Å². The maximum absolute atomic E-state index is 10.9. The molecule has 5 atom stereocenters. The van der Waals surface area contributed by atoms with Crippen LogP contribution >= 0.6 is 0 Å². The summed E-state index contributed by atoms with van der Waals surface area (Å²) in [6.45, 7) is 0.970. The molecule has 9 nitrogen and oxygen atoms in total. The topological polar surface area (TPSA) is 145 Å². The van der Waals surface area contributed by atoms with Gasteiger partial charge in [-0.2, -0.15) is 0 Å². The Morgan fingerprint density at radius 3 is 2.68 bits per heavy atom. The van der Waals surface area contributed by atoms with E-state index < -0.39 is 42.2 Å². The molecule has 0 bridgehead atoms. The highest BCUT2D eigenvalue weighted by Gasteiger charge is 2.45. The van der Waals surface area contributed by atoms with Crippen molar-refractivity contribution in [2.45, 2.75) is 37.6 Å². The van der Waals surface area contributed by atoms with Gasteiger partial charge in [0.1, 0.15) is 24.4 Å². The Labute approximate surface area is 125 Å². The lowest BCUT2D eigenvalue weighted by atomic mass is 10.1. The van der Waals surface area contributed by atoms with E-state index in [0.717, 1.165) is 0 Å². The number of nitrogens with zero attached hydrogens (tertiary/aromatic N) is 1. The van der Waals surface area contributed by atoms with Crippen LogP contribution in [-0.2, 0) is 4.74 Å². The Kier molecular flexibility index (Phi) is 4.94. The Morgan fingerprint density at radius 2 is 2.09 bits per heavy atom. The Balaban J connectivity index is 2.14. The number of anilines is 1. The van der Waals surface area contributed by atoms with Crippen molar-refractivity contribution in [1.29, 1.82) is 0 Å². The SMILES string of the molecule is Cc1ccc(N[C@H]2O[C@@H]([C@H](O)CO)[C@@H](O)[C@@H]2O)cc1[N+](=O)[O-]. The summed E-state index contributed by atoms with van der Waals surface area (Å²) in [6.07, 6.45) is -6.31. The van der Waals surface area contributed by atoms with Crippen LogP contribution in [0.25, 0.3) is 0 Å². The van der Waals surface area contributed by atoms with Crippen molar-refractivity contribution in [3.63, 3.8) is 0 Å². The summed E-state index contributed by atoms with van der Waals surface area (Å²) in [7, 11) is 0. The number of hydrogen-bond donors (Lipinski definition) is 5. The Morgan fingerprint density at radius 1 is 1.41 bits per heavy atom. The molecule has 22 heavy (non-hydrogen) atoms. The standard InChI is InChI=1S/C13H18N2O7/c1-6-2-3-7(4-8(6)15(20)21)14-13-11(19)10(18)12(22-13)9(17)5-16/h2-4,9-14,16-19H,5H2,1H3/t9-,10+,11+,12+,13+/m1/s1. The van der Waals surface area contributed by atoms with Crippen LogP contribution in [-0.4, -0.2) is 62.6 Å². The van der Waals surface area contributed by atoms with E-state index in [1.165, 1.54) is 12.1 Å². The first kappa shape index (κ1) is 16.6. The third-order valence-electron chi connectivity index (χ3n) is 3.58. The predicted octanol–water partition coefficient (Wildman–Crippen LogP) is -0.885. The van der Waals surface area contributed by atoms with Gasteiger partial charge >= 0.3 is 0 Å². The van der Waals surface area contributed by atoms with Gasteiger partial charge in [-0.1, -0.05) is 6.07 Å². The van der Waals surface area contributed by atoms with Gasteiger partial charge in [-0.15, -0.1) is 0 Å². The van der Waals surface area contributed by atoms with Crippen LogP contribution in [0.3, 0.4) is 0 Å². The van der Waals surface area contributed by atoms with Crippen molar-refractivity contribution in [2.24, 2.45) is 0 Å². The second kappa shape index (κ2) is 6.55. The lowest BCUT2D eigenvalue weighted by Crippen LogP contribution is -2.40. The van der Waals surface area contributed by atoms with Gasteiger partial charge in [0.05, 0.1) is 11.5 Å². The number of rotatable bonds is 5. The summed E-state index contributed by atoms with van der Waals surface area (Å²) in [5, 5.41) is 51.7. The highest BCUT2D eigenvalue weighted by Crippen LogP contribution is 2.28. The van der Waals surface area contributed by atoms with Gasteiger partial charge in [0.25, 0.3) is 5.69 Å². The largest absolute Gasteiger partial charge is 0.394 e. The van der Waals surface area contributed by atoms with E-state index in [2.05, 4.69) is 5.32 Å². The van der Waals surface area contributed by atoms with E-state index in [9.17, 15) is 25.4 Å². The number of aryl methyl sites for hydroxylation is 1. The molecular weight excluding hydrogens is 296 g/mol. The zero-order valence-electron chi connectivity index (χ0n) is 11.8. The molecule has 1 aromatic carbocycles. The average Bonchev–Trinajstić information content (AvgIpc) is 2.76. The molecule has 0 aliphatic carbocycles. The fraction of sp³-hybridized carbons (Fsp3) is 0.538. The molecule has 122 valence electrons. The molecule has 1 aliphatic rings. The summed E-state index contributed by atoms with van der Waals surface area (Å²) in [5.41, 5.74) is 0.717. The molecule has 1 heterocycles. The van der Waals surface area contributed by atoms with Crippen LogP contribution in [0.15, 0.2) is 18.2 Å². The first-order valence-electron chi connectivity index (χ1n) is 6.67. The van der Waals surface area contributed by atoms with Crippen molar-refractivity contribution in [2.75, 3.05) is 11.9 Å². The number of nitro benzene ring substituents is 1. The average molecular weight is 314 g/mol. The molecule has 2 rings (SSSR count). The molecule has 0 spiro atoms. The van der Waals surface area contributed by atoms with Crippen LogP contribution in [0.4, 0.5) is 11.4 Å². The van der Waals surface area contributed by atoms with Crippen LogP contribution in [0, 0.1) is 17.0 Å². The number of aliphatic hydroxyl groups excluding tert-OH is 4. The fourth-order valence-corrected chi connectivity index (χ4v) is 2.31. The van der Waals surface area contributed by atoms with Gasteiger partial charge < -0.3 is 30.5 Å². The number of nitrogens with one attached hydrogen (secondary N) is 1. The molecular formula is C13H18N2O7. The van der Waals surface area contributed by atoms with Crippen molar-refractivity contribution in [3.05, 3.63) is 33.9 Å². The molecule has 1 aliphatic heterocycles. The minimum atomic E-state index is -1.39. The van der Waals surface area contributed by atoms with E-state index in [1.807, 2.05) is 0 Å². The first-order valence-corrected chi connectivity index (χ1v) is 6.67. The Hall–Kier alpha value is -1.78. The van der Waals surface area contributed by atoms with Crippen LogP contribution in [0.5, 0.6) is 0 Å². The van der Waals surface area contributed by atoms with Gasteiger partial charge in [0.2, 0.25) is 0 Å². The normalized spacial score (nSPS) is 29.3. The van der Waals surface area contributed by atoms with Gasteiger partial charge in [-0.3, -0.25) is 10.1 Å². The third-order valence-corrected chi connectivity index (χ3v) is 3.58. The van der Waals surface area contributed by atoms with Crippen LogP contribution in [0.2, 0.25) is 0 Å². The van der Waals surface area contributed by atoms with Gasteiger partial charge in [-0.25, -0.2) is 0 Å². The van der Waals surface area contributed by atoms with Crippen molar-refractivity contribution in [1.82, 2.24) is 0 Å². The molecule has 5 N–H and O–H groups in total. The number of aliphatic hydroxyl groups is 4. The molecule has 0 unspecified atom stereocenters. The molecule has 0 radical (unpaired) electrons. The third kappa shape index (κ3) is 3.18. The maximum Gasteiger partial charge on any atom is 0.274 e. The highest BCUT2D eigenvalue weighted by atomic mass is 16.6. The number of ether oxygens (including phenoxy) is 1.